The van der Waals surface area contributed by atoms with Crippen LogP contribution in [-0.4, -0.2) is 0 Å². The normalized spacial score (nSPS) is 12.4. The predicted molar refractivity (Wildman–Crippen MR) is 80.3 cm³/mol. The van der Waals surface area contributed by atoms with E-state index in [2.05, 4.69) is 50.3 Å². The van der Waals surface area contributed by atoms with Crippen LogP contribution in [0.5, 0.6) is 0 Å². The van der Waals surface area contributed by atoms with E-state index in [-0.39, 0.29) is 0 Å². The smallest absolute Gasteiger partial charge is 0.0169 e. The summed E-state index contributed by atoms with van der Waals surface area (Å²) in [5.74, 6) is 0. The van der Waals surface area contributed by atoms with Crippen molar-refractivity contribution in [3.63, 3.8) is 0 Å². The van der Waals surface area contributed by atoms with Crippen molar-refractivity contribution in [2.24, 2.45) is 0 Å². The Kier molecular flexibility index (Phi) is 14.5. The largest absolute Gasteiger partial charge is 0.0885 e. The van der Waals surface area contributed by atoms with Crippen molar-refractivity contribution in [1.29, 1.82) is 0 Å². The van der Waals surface area contributed by atoms with Crippen molar-refractivity contribution in [3.05, 3.63) is 36.5 Å². The summed E-state index contributed by atoms with van der Waals surface area (Å²) in [5, 5.41) is 0. The van der Waals surface area contributed by atoms with Gasteiger partial charge in [0.05, 0.1) is 0 Å². The summed E-state index contributed by atoms with van der Waals surface area (Å²) in [6.07, 6.45) is 25.0. The van der Waals surface area contributed by atoms with E-state index in [9.17, 15) is 0 Å². The van der Waals surface area contributed by atoms with Crippen LogP contribution in [0.3, 0.4) is 0 Å². The van der Waals surface area contributed by atoms with E-state index in [4.69, 9.17) is 0 Å². The summed E-state index contributed by atoms with van der Waals surface area (Å²) in [4.78, 5) is 0. The van der Waals surface area contributed by atoms with E-state index in [1.807, 2.05) is 0 Å². The highest BCUT2D eigenvalue weighted by Crippen LogP contribution is 2.01. The van der Waals surface area contributed by atoms with Gasteiger partial charge in [0, 0.05) is 0 Å². The molecule has 0 radical (unpaired) electrons. The molecule has 98 valence electrons. The Bertz CT molecular complexity index is 208. The zero-order valence-electron chi connectivity index (χ0n) is 11.8. The second kappa shape index (κ2) is 15.2. The van der Waals surface area contributed by atoms with Gasteiger partial charge in [-0.05, 0) is 38.5 Å². The van der Waals surface area contributed by atoms with Gasteiger partial charge in [0.2, 0.25) is 0 Å². The second-order valence-corrected chi connectivity index (χ2v) is 4.51. The van der Waals surface area contributed by atoms with Gasteiger partial charge in [-0.3, -0.25) is 0 Å². The number of allylic oxidation sites excluding steroid dienone is 6. The Morgan fingerprint density at radius 3 is 1.76 bits per heavy atom. The van der Waals surface area contributed by atoms with Crippen LogP contribution in [0.25, 0.3) is 0 Å². The summed E-state index contributed by atoms with van der Waals surface area (Å²) in [5.41, 5.74) is 0. The van der Waals surface area contributed by atoms with E-state index in [1.165, 1.54) is 51.4 Å². The van der Waals surface area contributed by atoms with Gasteiger partial charge in [-0.2, -0.15) is 0 Å². The first kappa shape index (κ1) is 16.2. The molecule has 0 heterocycles. The van der Waals surface area contributed by atoms with Crippen LogP contribution < -0.4 is 0 Å². The molecule has 0 bridgehead atoms. The van der Waals surface area contributed by atoms with Gasteiger partial charge in [-0.1, -0.05) is 69.6 Å². The van der Waals surface area contributed by atoms with Gasteiger partial charge in [-0.25, -0.2) is 0 Å². The molecule has 0 N–H and O–H groups in total. The monoisotopic (exact) mass is 234 g/mol. The molecule has 0 heteroatoms. The summed E-state index contributed by atoms with van der Waals surface area (Å²) in [6.45, 7) is 4.47. The van der Waals surface area contributed by atoms with Crippen molar-refractivity contribution in [2.75, 3.05) is 0 Å². The molecule has 0 aromatic carbocycles. The number of rotatable bonds is 11. The molecular weight excluding hydrogens is 204 g/mol. The molecule has 0 aliphatic rings. The quantitative estimate of drug-likeness (QED) is 0.295. The number of unbranched alkanes of at least 4 members (excludes halogenated alkanes) is 5. The zero-order chi connectivity index (χ0) is 12.6. The molecule has 17 heavy (non-hydrogen) atoms. The van der Waals surface area contributed by atoms with Crippen molar-refractivity contribution < 1.29 is 0 Å². The molecule has 0 nitrogen and oxygen atoms in total. The van der Waals surface area contributed by atoms with Gasteiger partial charge in [0.1, 0.15) is 0 Å². The Morgan fingerprint density at radius 1 is 0.529 bits per heavy atom. The fourth-order valence-electron chi connectivity index (χ4n) is 1.61. The first-order chi connectivity index (χ1) is 8.41. The SMILES string of the molecule is CCCC=CCCC=CCC=CCCCCC. The molecule has 0 aliphatic carbocycles. The van der Waals surface area contributed by atoms with Crippen LogP contribution >= 0.6 is 0 Å². The highest BCUT2D eigenvalue weighted by Gasteiger charge is 1.81. The second-order valence-electron chi connectivity index (χ2n) is 4.51. The summed E-state index contributed by atoms with van der Waals surface area (Å²) < 4.78 is 0. The fraction of sp³-hybridized carbons (Fsp3) is 0.647. The molecule has 0 saturated heterocycles. The van der Waals surface area contributed by atoms with Crippen LogP contribution in [-0.2, 0) is 0 Å². The van der Waals surface area contributed by atoms with Crippen molar-refractivity contribution in [3.8, 4) is 0 Å². The molecule has 0 aromatic heterocycles. The molecule has 0 rings (SSSR count). The number of hydrogen-bond donors (Lipinski definition) is 0. The molecule has 0 spiro atoms. The van der Waals surface area contributed by atoms with Gasteiger partial charge < -0.3 is 0 Å². The predicted octanol–water partition coefficient (Wildman–Crippen LogP) is 6.21. The van der Waals surface area contributed by atoms with Crippen molar-refractivity contribution in [2.45, 2.75) is 71.6 Å². The Morgan fingerprint density at radius 2 is 1.12 bits per heavy atom. The van der Waals surface area contributed by atoms with Crippen LogP contribution in [0.15, 0.2) is 36.5 Å². The third kappa shape index (κ3) is 15.2. The summed E-state index contributed by atoms with van der Waals surface area (Å²) in [6, 6.07) is 0. The zero-order valence-corrected chi connectivity index (χ0v) is 11.8. The molecule has 0 aliphatic heterocycles. The van der Waals surface area contributed by atoms with Crippen molar-refractivity contribution in [1.82, 2.24) is 0 Å². The summed E-state index contributed by atoms with van der Waals surface area (Å²) >= 11 is 0. The molecular formula is C17H30. The minimum absolute atomic E-state index is 1.10. The molecule has 0 saturated carbocycles. The topological polar surface area (TPSA) is 0 Å². The molecule has 0 aromatic rings. The van der Waals surface area contributed by atoms with Gasteiger partial charge >= 0.3 is 0 Å². The van der Waals surface area contributed by atoms with Gasteiger partial charge in [0.25, 0.3) is 0 Å². The maximum atomic E-state index is 2.32. The maximum Gasteiger partial charge on any atom is -0.0169 e. The lowest BCUT2D eigenvalue weighted by atomic mass is 10.2. The van der Waals surface area contributed by atoms with E-state index in [0.717, 1.165) is 6.42 Å². The highest BCUT2D eigenvalue weighted by atomic mass is 13.9. The van der Waals surface area contributed by atoms with E-state index in [1.54, 1.807) is 0 Å². The average molecular weight is 234 g/mol. The van der Waals surface area contributed by atoms with Gasteiger partial charge in [-0.15, -0.1) is 0 Å². The summed E-state index contributed by atoms with van der Waals surface area (Å²) in [7, 11) is 0. The van der Waals surface area contributed by atoms with Gasteiger partial charge in [0.15, 0.2) is 0 Å². The fourth-order valence-corrected chi connectivity index (χ4v) is 1.61. The van der Waals surface area contributed by atoms with Crippen LogP contribution in [0.4, 0.5) is 0 Å². The molecule has 0 amide bonds. The molecule has 0 unspecified atom stereocenters. The van der Waals surface area contributed by atoms with E-state index in [0.29, 0.717) is 0 Å². The maximum absolute atomic E-state index is 2.32. The molecule has 0 fully saturated rings. The van der Waals surface area contributed by atoms with Crippen LogP contribution in [0, 0.1) is 0 Å². The Balaban J connectivity index is 3.24. The first-order valence-corrected chi connectivity index (χ1v) is 7.36. The Hall–Kier alpha value is -0.780. The molecule has 0 atom stereocenters. The van der Waals surface area contributed by atoms with E-state index < -0.39 is 0 Å². The lowest BCUT2D eigenvalue weighted by Crippen LogP contribution is -1.70. The first-order valence-electron chi connectivity index (χ1n) is 7.36. The standard InChI is InChI=1S/C17H30/c1-3-5-7-9-11-13-15-17-16-14-12-10-8-6-4-2/h7,9,12,14-15,17H,3-6,8,10-11,13,16H2,1-2H3. The van der Waals surface area contributed by atoms with Crippen LogP contribution in [0.1, 0.15) is 71.6 Å². The average Bonchev–Trinajstić information content (AvgIpc) is 2.35. The van der Waals surface area contributed by atoms with E-state index >= 15 is 0 Å². The minimum atomic E-state index is 1.10. The van der Waals surface area contributed by atoms with Crippen molar-refractivity contribution >= 4 is 0 Å². The third-order valence-corrected chi connectivity index (χ3v) is 2.70. The Labute approximate surface area is 109 Å². The van der Waals surface area contributed by atoms with Crippen LogP contribution in [0.2, 0.25) is 0 Å². The minimum Gasteiger partial charge on any atom is -0.0885 e. The third-order valence-electron chi connectivity index (χ3n) is 2.70. The lowest BCUT2D eigenvalue weighted by Gasteiger charge is -1.91. The number of hydrogen-bond acceptors (Lipinski definition) is 0. The highest BCUT2D eigenvalue weighted by molar-refractivity contribution is 4.94. The lowest BCUT2D eigenvalue weighted by molar-refractivity contribution is 0.728.